The average Bonchev–Trinajstić information content (AvgIpc) is 3.04. The molecule has 0 spiro atoms. The molecule has 1 fully saturated rings. The summed E-state index contributed by atoms with van der Waals surface area (Å²) in [4.78, 5) is 9.15. The number of aromatic nitrogens is 4. The zero-order valence-corrected chi connectivity index (χ0v) is 12.4. The molecule has 4 rings (SSSR count). The van der Waals surface area contributed by atoms with Crippen LogP contribution in [0.5, 0.6) is 0 Å². The summed E-state index contributed by atoms with van der Waals surface area (Å²) in [5.41, 5.74) is 3.77. The van der Waals surface area contributed by atoms with Gasteiger partial charge in [-0.3, -0.25) is 9.67 Å². The fraction of sp³-hybridized carbons (Fsp3) is 0.353. The van der Waals surface area contributed by atoms with Gasteiger partial charge in [0.1, 0.15) is 0 Å². The predicted molar refractivity (Wildman–Crippen MR) is 86.4 cm³/mol. The third kappa shape index (κ3) is 2.72. The second-order valence-corrected chi connectivity index (χ2v) is 5.89. The van der Waals surface area contributed by atoms with E-state index in [4.69, 9.17) is 0 Å². The number of nitrogens with one attached hydrogen (secondary N) is 1. The Balaban J connectivity index is 1.56. The smallest absolute Gasteiger partial charge is 0.0924 e. The number of benzene rings is 1. The minimum absolute atomic E-state index is 0.719. The Kier molecular flexibility index (Phi) is 3.56. The van der Waals surface area contributed by atoms with Gasteiger partial charge in [-0.15, -0.1) is 0 Å². The first kappa shape index (κ1) is 13.4. The van der Waals surface area contributed by atoms with Crippen molar-refractivity contribution >= 4 is 11.0 Å². The number of hydrogen-bond acceptors (Lipinski definition) is 4. The molecule has 1 aliphatic heterocycles. The van der Waals surface area contributed by atoms with Gasteiger partial charge in [0.05, 0.1) is 29.1 Å². The van der Waals surface area contributed by atoms with E-state index in [0.717, 1.165) is 47.8 Å². The van der Waals surface area contributed by atoms with Crippen molar-refractivity contribution in [2.75, 3.05) is 13.1 Å². The summed E-state index contributed by atoms with van der Waals surface area (Å²) in [6.45, 7) is 3.23. The molecule has 0 amide bonds. The highest BCUT2D eigenvalue weighted by Gasteiger charge is 2.14. The first-order valence-corrected chi connectivity index (χ1v) is 7.84. The van der Waals surface area contributed by atoms with Crippen molar-refractivity contribution in [3.63, 3.8) is 0 Å². The van der Waals surface area contributed by atoms with Crippen molar-refractivity contribution in [1.29, 1.82) is 0 Å². The van der Waals surface area contributed by atoms with Gasteiger partial charge in [-0.1, -0.05) is 12.1 Å². The zero-order chi connectivity index (χ0) is 14.8. The molecular formula is C17H19N5. The summed E-state index contributed by atoms with van der Waals surface area (Å²) in [5, 5.41) is 7.90. The molecule has 1 N–H and O–H groups in total. The Labute approximate surface area is 129 Å². The third-order valence-corrected chi connectivity index (χ3v) is 4.28. The first-order valence-electron chi connectivity index (χ1n) is 7.84. The Hall–Kier alpha value is -2.27. The molecule has 0 saturated carbocycles. The summed E-state index contributed by atoms with van der Waals surface area (Å²) in [6.07, 6.45) is 8.25. The lowest BCUT2D eigenvalue weighted by Crippen LogP contribution is -2.29. The van der Waals surface area contributed by atoms with E-state index in [0.29, 0.717) is 0 Å². The quantitative estimate of drug-likeness (QED) is 0.806. The molecule has 0 radical (unpaired) electrons. The lowest BCUT2D eigenvalue weighted by atomic mass is 9.98. The van der Waals surface area contributed by atoms with E-state index in [1.807, 2.05) is 41.3 Å². The summed E-state index contributed by atoms with van der Waals surface area (Å²) in [5.74, 6) is 0.719. The minimum atomic E-state index is 0.719. The number of para-hydroxylation sites is 2. The van der Waals surface area contributed by atoms with Gasteiger partial charge in [0.25, 0.3) is 0 Å². The summed E-state index contributed by atoms with van der Waals surface area (Å²) in [7, 11) is 0. The zero-order valence-electron chi connectivity index (χ0n) is 12.4. The van der Waals surface area contributed by atoms with Crippen LogP contribution in [0.1, 0.15) is 12.8 Å². The van der Waals surface area contributed by atoms with Gasteiger partial charge in [0.15, 0.2) is 0 Å². The highest BCUT2D eigenvalue weighted by molar-refractivity contribution is 5.76. The van der Waals surface area contributed by atoms with Crippen LogP contribution in [0.15, 0.2) is 42.9 Å². The maximum absolute atomic E-state index is 4.68. The molecule has 1 saturated heterocycles. The van der Waals surface area contributed by atoms with Gasteiger partial charge in [-0.05, 0) is 44.0 Å². The van der Waals surface area contributed by atoms with Crippen LogP contribution in [0.2, 0.25) is 0 Å². The lowest BCUT2D eigenvalue weighted by Gasteiger charge is -2.22. The Morgan fingerprint density at radius 3 is 2.77 bits per heavy atom. The second-order valence-electron chi connectivity index (χ2n) is 5.89. The van der Waals surface area contributed by atoms with Gasteiger partial charge in [0.2, 0.25) is 0 Å². The summed E-state index contributed by atoms with van der Waals surface area (Å²) >= 11 is 0. The highest BCUT2D eigenvalue weighted by Crippen LogP contribution is 2.20. The molecule has 0 aliphatic carbocycles. The van der Waals surface area contributed by atoms with Crippen molar-refractivity contribution in [3.05, 3.63) is 42.9 Å². The molecule has 2 aromatic heterocycles. The van der Waals surface area contributed by atoms with Crippen molar-refractivity contribution in [2.24, 2.45) is 5.92 Å². The van der Waals surface area contributed by atoms with E-state index < -0.39 is 0 Å². The monoisotopic (exact) mass is 293 g/mol. The first-order chi connectivity index (χ1) is 10.9. The number of piperidine rings is 1. The van der Waals surface area contributed by atoms with Gasteiger partial charge >= 0.3 is 0 Å². The number of hydrogen-bond donors (Lipinski definition) is 1. The van der Waals surface area contributed by atoms with Crippen LogP contribution >= 0.6 is 0 Å². The van der Waals surface area contributed by atoms with E-state index in [9.17, 15) is 0 Å². The maximum Gasteiger partial charge on any atom is 0.0924 e. The molecule has 3 heterocycles. The van der Waals surface area contributed by atoms with Crippen LogP contribution in [-0.4, -0.2) is 32.8 Å². The van der Waals surface area contributed by atoms with Gasteiger partial charge < -0.3 is 5.32 Å². The topological polar surface area (TPSA) is 55.6 Å². The molecule has 0 unspecified atom stereocenters. The van der Waals surface area contributed by atoms with Crippen molar-refractivity contribution in [2.45, 2.75) is 19.4 Å². The molecule has 5 nitrogen and oxygen atoms in total. The van der Waals surface area contributed by atoms with Crippen molar-refractivity contribution in [3.8, 4) is 11.3 Å². The normalized spacial score (nSPS) is 16.2. The average molecular weight is 293 g/mol. The maximum atomic E-state index is 4.68. The van der Waals surface area contributed by atoms with Gasteiger partial charge in [-0.2, -0.15) is 5.10 Å². The molecule has 3 aromatic rings. The fourth-order valence-corrected chi connectivity index (χ4v) is 3.02. The molecule has 0 atom stereocenters. The molecule has 1 aliphatic rings. The van der Waals surface area contributed by atoms with E-state index in [2.05, 4.69) is 26.6 Å². The van der Waals surface area contributed by atoms with Crippen LogP contribution in [0, 0.1) is 5.92 Å². The minimum Gasteiger partial charge on any atom is -0.317 e. The molecular weight excluding hydrogens is 274 g/mol. The summed E-state index contributed by atoms with van der Waals surface area (Å²) in [6, 6.07) is 7.94. The molecule has 112 valence electrons. The van der Waals surface area contributed by atoms with Crippen LogP contribution < -0.4 is 5.32 Å². The van der Waals surface area contributed by atoms with E-state index in [1.54, 1.807) is 0 Å². The number of rotatable bonds is 3. The Morgan fingerprint density at radius 2 is 1.91 bits per heavy atom. The predicted octanol–water partition coefficient (Wildman–Crippen LogP) is 2.49. The Morgan fingerprint density at radius 1 is 1.09 bits per heavy atom. The highest BCUT2D eigenvalue weighted by atomic mass is 15.3. The number of nitrogens with zero attached hydrogens (tertiary/aromatic N) is 4. The van der Waals surface area contributed by atoms with Crippen molar-refractivity contribution < 1.29 is 0 Å². The van der Waals surface area contributed by atoms with E-state index in [-0.39, 0.29) is 0 Å². The lowest BCUT2D eigenvalue weighted by molar-refractivity contribution is 0.321. The van der Waals surface area contributed by atoms with Gasteiger partial charge in [0, 0.05) is 18.3 Å². The largest absolute Gasteiger partial charge is 0.317 e. The second kappa shape index (κ2) is 5.85. The standard InChI is InChI=1S/C17H19N5/c1-2-4-16-15(3-1)19-10-17(21-16)14-9-20-22(12-14)11-13-5-7-18-8-6-13/h1-4,9-10,12-13,18H,5-8,11H2. The molecule has 5 heteroatoms. The molecule has 22 heavy (non-hydrogen) atoms. The van der Waals surface area contributed by atoms with Crippen LogP contribution in [0.25, 0.3) is 22.3 Å². The number of fused-ring (bicyclic) bond motifs is 1. The van der Waals surface area contributed by atoms with E-state index in [1.165, 1.54) is 12.8 Å². The van der Waals surface area contributed by atoms with Crippen LogP contribution in [0.4, 0.5) is 0 Å². The van der Waals surface area contributed by atoms with E-state index >= 15 is 0 Å². The summed E-state index contributed by atoms with van der Waals surface area (Å²) < 4.78 is 2.04. The fourth-order valence-electron chi connectivity index (χ4n) is 3.02. The van der Waals surface area contributed by atoms with Gasteiger partial charge in [-0.25, -0.2) is 4.98 Å². The van der Waals surface area contributed by atoms with Crippen molar-refractivity contribution in [1.82, 2.24) is 25.1 Å². The third-order valence-electron chi connectivity index (χ3n) is 4.28. The van der Waals surface area contributed by atoms with Crippen LogP contribution in [0.3, 0.4) is 0 Å². The van der Waals surface area contributed by atoms with Crippen LogP contribution in [-0.2, 0) is 6.54 Å². The Bertz CT molecular complexity index is 773. The molecule has 1 aromatic carbocycles. The SMILES string of the molecule is c1ccc2nc(-c3cnn(CC4CCNCC4)c3)cnc2c1. The molecule has 0 bridgehead atoms.